The molecule has 0 saturated heterocycles. The maximum absolute atomic E-state index is 13.3. The Morgan fingerprint density at radius 3 is 2.83 bits per heavy atom. The van der Waals surface area contributed by atoms with Gasteiger partial charge in [0.15, 0.2) is 0 Å². The molecule has 0 aliphatic rings. The molecule has 3 aromatic heterocycles. The van der Waals surface area contributed by atoms with Crippen LogP contribution in [0.4, 0.5) is 0 Å². The van der Waals surface area contributed by atoms with Gasteiger partial charge in [-0.15, -0.1) is 0 Å². The first kappa shape index (κ1) is 14.6. The van der Waals surface area contributed by atoms with Crippen molar-refractivity contribution in [1.82, 2.24) is 18.9 Å². The third-order valence-corrected chi connectivity index (χ3v) is 4.20. The zero-order valence-corrected chi connectivity index (χ0v) is 13.7. The SMILES string of the molecule is CCCc1nc2ccc(C)cn2c1C(=O)n1cnc2ccccc21. The van der Waals surface area contributed by atoms with Crippen molar-refractivity contribution in [1.29, 1.82) is 0 Å². The lowest BCUT2D eigenvalue weighted by molar-refractivity contribution is 0.0957. The van der Waals surface area contributed by atoms with Crippen LogP contribution in [0.25, 0.3) is 16.7 Å². The highest BCUT2D eigenvalue weighted by atomic mass is 16.2. The van der Waals surface area contributed by atoms with E-state index in [1.54, 1.807) is 10.9 Å². The van der Waals surface area contributed by atoms with E-state index in [1.165, 1.54) is 0 Å². The van der Waals surface area contributed by atoms with E-state index in [-0.39, 0.29) is 5.91 Å². The van der Waals surface area contributed by atoms with E-state index in [1.807, 2.05) is 53.9 Å². The molecule has 3 heterocycles. The number of pyridine rings is 1. The van der Waals surface area contributed by atoms with Gasteiger partial charge in [-0.2, -0.15) is 0 Å². The number of carbonyl (C=O) groups excluding carboxylic acids is 1. The Bertz CT molecular complexity index is 1060. The van der Waals surface area contributed by atoms with Crippen LogP contribution in [0.15, 0.2) is 48.9 Å². The van der Waals surface area contributed by atoms with Gasteiger partial charge in [0.2, 0.25) is 0 Å². The average Bonchev–Trinajstić information content (AvgIpc) is 3.15. The van der Waals surface area contributed by atoms with Gasteiger partial charge in [0.1, 0.15) is 17.7 Å². The molecule has 5 nitrogen and oxygen atoms in total. The molecule has 0 radical (unpaired) electrons. The summed E-state index contributed by atoms with van der Waals surface area (Å²) in [4.78, 5) is 22.3. The van der Waals surface area contributed by atoms with Crippen LogP contribution in [0.2, 0.25) is 0 Å². The van der Waals surface area contributed by atoms with E-state index in [0.29, 0.717) is 5.69 Å². The number of benzene rings is 1. The second kappa shape index (κ2) is 5.60. The van der Waals surface area contributed by atoms with Gasteiger partial charge in [0.25, 0.3) is 5.91 Å². The third kappa shape index (κ3) is 2.21. The van der Waals surface area contributed by atoms with Crippen LogP contribution in [-0.2, 0) is 6.42 Å². The molecular weight excluding hydrogens is 300 g/mol. The number of hydrogen-bond donors (Lipinski definition) is 0. The molecule has 4 rings (SSSR count). The van der Waals surface area contributed by atoms with Gasteiger partial charge in [-0.1, -0.05) is 31.5 Å². The van der Waals surface area contributed by atoms with Gasteiger partial charge in [-0.3, -0.25) is 13.8 Å². The predicted molar refractivity (Wildman–Crippen MR) is 93.4 cm³/mol. The van der Waals surface area contributed by atoms with E-state index >= 15 is 0 Å². The number of rotatable bonds is 3. The predicted octanol–water partition coefficient (Wildman–Crippen LogP) is 3.63. The first-order valence-corrected chi connectivity index (χ1v) is 8.13. The standard InChI is InChI=1S/C19H18N4O/c1-3-6-15-18(22-11-13(2)9-10-17(22)21-15)19(24)23-12-20-14-7-4-5-8-16(14)23/h4-5,7-12H,3,6H2,1-2H3. The Balaban J connectivity index is 1.95. The molecule has 0 bridgehead atoms. The smallest absolute Gasteiger partial charge is 0.282 e. The van der Waals surface area contributed by atoms with E-state index in [4.69, 9.17) is 0 Å². The van der Waals surface area contributed by atoms with Crippen LogP contribution in [0.3, 0.4) is 0 Å². The van der Waals surface area contributed by atoms with E-state index in [0.717, 1.165) is 40.8 Å². The van der Waals surface area contributed by atoms with Crippen molar-refractivity contribution < 1.29 is 4.79 Å². The maximum Gasteiger partial charge on any atom is 0.282 e. The summed E-state index contributed by atoms with van der Waals surface area (Å²) >= 11 is 0. The summed E-state index contributed by atoms with van der Waals surface area (Å²) in [7, 11) is 0. The van der Waals surface area contributed by atoms with Crippen molar-refractivity contribution in [3.8, 4) is 0 Å². The summed E-state index contributed by atoms with van der Waals surface area (Å²) in [5.74, 6) is -0.0924. The largest absolute Gasteiger partial charge is 0.295 e. The summed E-state index contributed by atoms with van der Waals surface area (Å²) in [5, 5.41) is 0. The van der Waals surface area contributed by atoms with Crippen molar-refractivity contribution in [3.63, 3.8) is 0 Å². The van der Waals surface area contributed by atoms with Crippen LogP contribution < -0.4 is 0 Å². The second-order valence-corrected chi connectivity index (χ2v) is 6.00. The summed E-state index contributed by atoms with van der Waals surface area (Å²) < 4.78 is 3.51. The molecule has 0 N–H and O–H groups in total. The fourth-order valence-corrected chi connectivity index (χ4v) is 3.07. The van der Waals surface area contributed by atoms with Crippen LogP contribution in [0.1, 0.15) is 35.1 Å². The van der Waals surface area contributed by atoms with Gasteiger partial charge >= 0.3 is 0 Å². The van der Waals surface area contributed by atoms with E-state index in [9.17, 15) is 4.79 Å². The highest BCUT2D eigenvalue weighted by Gasteiger charge is 2.21. The van der Waals surface area contributed by atoms with Gasteiger partial charge in [0.05, 0.1) is 16.7 Å². The number of hydrogen-bond acceptors (Lipinski definition) is 3. The normalized spacial score (nSPS) is 11.4. The van der Waals surface area contributed by atoms with Crippen LogP contribution in [0.5, 0.6) is 0 Å². The average molecular weight is 318 g/mol. The molecule has 4 aromatic rings. The molecule has 0 atom stereocenters. The topological polar surface area (TPSA) is 52.2 Å². The summed E-state index contributed by atoms with van der Waals surface area (Å²) in [6, 6.07) is 11.6. The minimum absolute atomic E-state index is 0.0924. The third-order valence-electron chi connectivity index (χ3n) is 4.20. The Hall–Kier alpha value is -2.95. The highest BCUT2D eigenvalue weighted by Crippen LogP contribution is 2.20. The minimum atomic E-state index is -0.0924. The Labute approximate surface area is 139 Å². The van der Waals surface area contributed by atoms with E-state index < -0.39 is 0 Å². The number of aromatic nitrogens is 4. The van der Waals surface area contributed by atoms with Gasteiger partial charge < -0.3 is 0 Å². The lowest BCUT2D eigenvalue weighted by atomic mass is 10.2. The van der Waals surface area contributed by atoms with Crippen molar-refractivity contribution in [2.45, 2.75) is 26.7 Å². The first-order valence-electron chi connectivity index (χ1n) is 8.13. The quantitative estimate of drug-likeness (QED) is 0.579. The van der Waals surface area contributed by atoms with Gasteiger partial charge in [-0.05, 0) is 37.1 Å². The molecular formula is C19H18N4O. The molecule has 0 aliphatic carbocycles. The van der Waals surface area contributed by atoms with E-state index in [2.05, 4.69) is 16.9 Å². The summed E-state index contributed by atoms with van der Waals surface area (Å²) in [6.07, 6.45) is 5.27. The monoisotopic (exact) mass is 318 g/mol. The van der Waals surface area contributed by atoms with Gasteiger partial charge in [-0.25, -0.2) is 9.97 Å². The van der Waals surface area contributed by atoms with Crippen molar-refractivity contribution in [2.75, 3.05) is 0 Å². The molecule has 0 fully saturated rings. The molecule has 0 unspecified atom stereocenters. The molecule has 0 spiro atoms. The zero-order chi connectivity index (χ0) is 16.7. The van der Waals surface area contributed by atoms with Crippen LogP contribution >= 0.6 is 0 Å². The number of carbonyl (C=O) groups is 1. The molecule has 0 aliphatic heterocycles. The molecule has 24 heavy (non-hydrogen) atoms. The van der Waals surface area contributed by atoms with Crippen molar-refractivity contribution in [3.05, 3.63) is 65.9 Å². The molecule has 1 aromatic carbocycles. The summed E-state index contributed by atoms with van der Waals surface area (Å²) in [6.45, 7) is 4.11. The summed E-state index contributed by atoms with van der Waals surface area (Å²) in [5.41, 5.74) is 4.98. The Morgan fingerprint density at radius 2 is 2.00 bits per heavy atom. The van der Waals surface area contributed by atoms with Gasteiger partial charge in [0, 0.05) is 6.20 Å². The second-order valence-electron chi connectivity index (χ2n) is 6.00. The first-order chi connectivity index (χ1) is 11.7. The van der Waals surface area contributed by atoms with Crippen molar-refractivity contribution in [2.24, 2.45) is 0 Å². The number of nitrogens with zero attached hydrogens (tertiary/aromatic N) is 4. The minimum Gasteiger partial charge on any atom is -0.295 e. The Morgan fingerprint density at radius 1 is 1.17 bits per heavy atom. The molecule has 0 amide bonds. The number of para-hydroxylation sites is 2. The fraction of sp³-hybridized carbons (Fsp3) is 0.211. The lowest BCUT2D eigenvalue weighted by Crippen LogP contribution is -2.15. The zero-order valence-electron chi connectivity index (χ0n) is 13.7. The molecule has 5 heteroatoms. The number of aryl methyl sites for hydroxylation is 2. The van der Waals surface area contributed by atoms with Crippen molar-refractivity contribution >= 4 is 22.6 Å². The highest BCUT2D eigenvalue weighted by molar-refractivity contribution is 6.01. The number of imidazole rings is 2. The number of fused-ring (bicyclic) bond motifs is 2. The molecule has 0 saturated carbocycles. The van der Waals surface area contributed by atoms with Crippen LogP contribution in [-0.4, -0.2) is 24.8 Å². The Kier molecular flexibility index (Phi) is 3.41. The lowest BCUT2D eigenvalue weighted by Gasteiger charge is -2.06. The maximum atomic E-state index is 13.3. The fourth-order valence-electron chi connectivity index (χ4n) is 3.07. The van der Waals surface area contributed by atoms with Crippen LogP contribution in [0, 0.1) is 6.92 Å². The molecule has 120 valence electrons.